The number of fused-ring (bicyclic) bond motifs is 1. The molecule has 33 heavy (non-hydrogen) atoms. The first-order valence-electron chi connectivity index (χ1n) is 9.78. The molecule has 9 heteroatoms. The molecule has 0 bridgehead atoms. The number of nitrogens with zero attached hydrogens (tertiary/aromatic N) is 1. The van der Waals surface area contributed by atoms with Crippen molar-refractivity contribution in [2.24, 2.45) is 0 Å². The van der Waals surface area contributed by atoms with Crippen molar-refractivity contribution in [3.05, 3.63) is 77.7 Å². The molecule has 0 unspecified atom stereocenters. The van der Waals surface area contributed by atoms with E-state index in [2.05, 4.69) is 15.6 Å². The highest BCUT2D eigenvalue weighted by atomic mass is 35.5. The van der Waals surface area contributed by atoms with Crippen LogP contribution in [0.5, 0.6) is 23.0 Å². The second-order valence-corrected chi connectivity index (χ2v) is 7.30. The van der Waals surface area contributed by atoms with Gasteiger partial charge in [-0.2, -0.15) is 0 Å². The van der Waals surface area contributed by atoms with E-state index in [0.717, 1.165) is 0 Å². The largest absolute Gasteiger partial charge is 0.493 e. The van der Waals surface area contributed by atoms with Crippen molar-refractivity contribution in [1.82, 2.24) is 4.98 Å². The van der Waals surface area contributed by atoms with Gasteiger partial charge in [0.15, 0.2) is 23.1 Å². The van der Waals surface area contributed by atoms with Gasteiger partial charge in [-0.05, 0) is 48.5 Å². The number of rotatable bonds is 6. The fraction of sp³-hybridized carbons (Fsp3) is 0.0833. The third kappa shape index (κ3) is 5.07. The van der Waals surface area contributed by atoms with Gasteiger partial charge in [-0.1, -0.05) is 11.6 Å². The van der Waals surface area contributed by atoms with Gasteiger partial charge in [0.1, 0.15) is 5.75 Å². The highest BCUT2D eigenvalue weighted by Gasteiger charge is 2.14. The Balaban J connectivity index is 1.52. The Morgan fingerprint density at radius 2 is 1.52 bits per heavy atom. The fourth-order valence-electron chi connectivity index (χ4n) is 3.14. The van der Waals surface area contributed by atoms with E-state index in [0.29, 0.717) is 38.9 Å². The summed E-state index contributed by atoms with van der Waals surface area (Å²) in [6.45, 7) is 0. The summed E-state index contributed by atoms with van der Waals surface area (Å²) in [5.74, 6) is 0.745. The van der Waals surface area contributed by atoms with E-state index in [9.17, 15) is 9.18 Å². The Morgan fingerprint density at radius 1 is 0.848 bits per heavy atom. The van der Waals surface area contributed by atoms with Crippen LogP contribution >= 0.6 is 11.6 Å². The van der Waals surface area contributed by atoms with Crippen LogP contribution in [0.2, 0.25) is 5.02 Å². The first kappa shape index (κ1) is 22.2. The quantitative estimate of drug-likeness (QED) is 0.340. The molecule has 0 saturated carbocycles. The molecule has 1 heterocycles. The van der Waals surface area contributed by atoms with E-state index in [-0.39, 0.29) is 11.4 Å². The first-order valence-corrected chi connectivity index (χ1v) is 10.2. The van der Waals surface area contributed by atoms with Gasteiger partial charge in [-0.3, -0.25) is 4.98 Å². The third-order valence-corrected chi connectivity index (χ3v) is 4.97. The number of ether oxygens (including phenoxy) is 3. The Bertz CT molecular complexity index is 1320. The van der Waals surface area contributed by atoms with Crippen LogP contribution in [-0.4, -0.2) is 25.2 Å². The monoisotopic (exact) mass is 466 g/mol. The van der Waals surface area contributed by atoms with Crippen LogP contribution in [0.25, 0.3) is 10.9 Å². The topological polar surface area (TPSA) is 81.7 Å². The molecule has 0 aliphatic heterocycles. The van der Waals surface area contributed by atoms with Crippen LogP contribution in [0.1, 0.15) is 0 Å². The number of benzene rings is 3. The summed E-state index contributed by atoms with van der Waals surface area (Å²) in [6.07, 6.45) is 1.55. The van der Waals surface area contributed by atoms with E-state index in [1.807, 2.05) is 0 Å². The number of halogens is 2. The third-order valence-electron chi connectivity index (χ3n) is 4.72. The maximum absolute atomic E-state index is 14.8. The van der Waals surface area contributed by atoms with Gasteiger partial charge in [0.05, 0.1) is 19.7 Å². The molecule has 4 rings (SSSR count). The lowest BCUT2D eigenvalue weighted by molar-refractivity contribution is 0.262. The number of aromatic nitrogens is 1. The van der Waals surface area contributed by atoms with Gasteiger partial charge in [-0.15, -0.1) is 0 Å². The van der Waals surface area contributed by atoms with E-state index in [1.165, 1.54) is 32.4 Å². The summed E-state index contributed by atoms with van der Waals surface area (Å²) in [6, 6.07) is 15.3. The summed E-state index contributed by atoms with van der Waals surface area (Å²) >= 11 is 5.83. The predicted molar refractivity (Wildman–Crippen MR) is 125 cm³/mol. The number of carbonyl (C=O) groups excluding carboxylic acids is 1. The molecule has 1 aromatic heterocycles. The van der Waals surface area contributed by atoms with Gasteiger partial charge < -0.3 is 24.8 Å². The standard InChI is InChI=1S/C24H19ClFN3O4/c1-31-22-12-17-19(13-23(22)32-2)27-10-9-20(17)33-21-8-7-16(11-18(21)26)29-24(30)28-15-5-3-14(25)4-6-15/h3-13H,1-2H3,(H2,28,29,30)/i24-1. The van der Waals surface area contributed by atoms with Gasteiger partial charge in [-0.25, -0.2) is 9.18 Å². The SMILES string of the molecule is COc1cc2nccc(Oc3ccc(N[11C](=O)Nc4ccc(Cl)cc4)cc3F)c2cc1OC. The predicted octanol–water partition coefficient (Wildman–Crippen LogP) is 6.48. The summed E-state index contributed by atoms with van der Waals surface area (Å²) < 4.78 is 31.2. The number of amides is 2. The molecule has 0 radical (unpaired) electrons. The van der Waals surface area contributed by atoms with E-state index < -0.39 is 11.8 Å². The van der Waals surface area contributed by atoms with Crippen molar-refractivity contribution in [3.63, 3.8) is 0 Å². The maximum Gasteiger partial charge on any atom is 0.323 e. The highest BCUT2D eigenvalue weighted by Crippen LogP contribution is 2.37. The molecule has 7 nitrogen and oxygen atoms in total. The molecule has 0 saturated heterocycles. The van der Waals surface area contributed by atoms with E-state index >= 15 is 0 Å². The van der Waals surface area contributed by atoms with Gasteiger partial charge in [0.2, 0.25) is 0 Å². The molecule has 2 N–H and O–H groups in total. The van der Waals surface area contributed by atoms with Gasteiger partial charge in [0.25, 0.3) is 0 Å². The summed E-state index contributed by atoms with van der Waals surface area (Å²) in [5.41, 5.74) is 1.41. The van der Waals surface area contributed by atoms with Crippen molar-refractivity contribution < 1.29 is 23.4 Å². The number of urea groups is 1. The Hall–Kier alpha value is -4.04. The van der Waals surface area contributed by atoms with Crippen LogP contribution in [0.4, 0.5) is 20.6 Å². The Labute approximate surface area is 194 Å². The zero-order valence-electron chi connectivity index (χ0n) is 17.7. The summed E-state index contributed by atoms with van der Waals surface area (Å²) in [7, 11) is 3.06. The number of nitrogens with one attached hydrogen (secondary N) is 2. The van der Waals surface area contributed by atoms with Gasteiger partial charge in [0, 0.05) is 40.1 Å². The normalized spacial score (nSPS) is 10.5. The number of pyridine rings is 1. The molecule has 0 fully saturated rings. The maximum atomic E-state index is 14.8. The number of hydrogen-bond acceptors (Lipinski definition) is 5. The molecule has 0 aliphatic rings. The number of methoxy groups -OCH3 is 2. The number of hydrogen-bond donors (Lipinski definition) is 2. The van der Waals surface area contributed by atoms with Crippen molar-refractivity contribution in [2.45, 2.75) is 0 Å². The minimum atomic E-state index is -0.648. The number of anilines is 2. The molecular weight excluding hydrogens is 448 g/mol. The van der Waals surface area contributed by atoms with Crippen LogP contribution in [0, 0.1) is 5.82 Å². The van der Waals surface area contributed by atoms with E-state index in [1.54, 1.807) is 48.7 Å². The Morgan fingerprint density at radius 3 is 2.21 bits per heavy atom. The molecule has 0 spiro atoms. The fourth-order valence-corrected chi connectivity index (χ4v) is 3.27. The number of carbonyl (C=O) groups is 1. The van der Waals surface area contributed by atoms with Crippen molar-refractivity contribution in [3.8, 4) is 23.0 Å². The average Bonchev–Trinajstić information content (AvgIpc) is 2.81. The minimum Gasteiger partial charge on any atom is -0.493 e. The molecule has 0 atom stereocenters. The van der Waals surface area contributed by atoms with Gasteiger partial charge >= 0.3 is 6.03 Å². The molecule has 2 amide bonds. The van der Waals surface area contributed by atoms with Crippen LogP contribution in [0.15, 0.2) is 66.9 Å². The zero-order valence-corrected chi connectivity index (χ0v) is 18.4. The van der Waals surface area contributed by atoms with E-state index in [4.69, 9.17) is 25.8 Å². The molecular formula is C24H19ClFN3O4. The average molecular weight is 467 g/mol. The molecule has 168 valence electrons. The van der Waals surface area contributed by atoms with Crippen molar-refractivity contribution in [2.75, 3.05) is 24.9 Å². The molecule has 0 aliphatic carbocycles. The van der Waals surface area contributed by atoms with Crippen LogP contribution in [0.3, 0.4) is 0 Å². The summed E-state index contributed by atoms with van der Waals surface area (Å²) in [4.78, 5) is 16.5. The van der Waals surface area contributed by atoms with Crippen LogP contribution < -0.4 is 24.8 Å². The lowest BCUT2D eigenvalue weighted by Crippen LogP contribution is -2.19. The Kier molecular flexibility index (Phi) is 6.46. The lowest BCUT2D eigenvalue weighted by atomic mass is 10.1. The smallest absolute Gasteiger partial charge is 0.323 e. The second-order valence-electron chi connectivity index (χ2n) is 6.87. The minimum absolute atomic E-state index is 0.0130. The van der Waals surface area contributed by atoms with Crippen molar-refractivity contribution in [1.29, 1.82) is 0 Å². The summed E-state index contributed by atoms with van der Waals surface area (Å²) in [5, 5.41) is 6.39. The first-order chi connectivity index (χ1) is 16.0. The second kappa shape index (κ2) is 9.62. The lowest BCUT2D eigenvalue weighted by Gasteiger charge is -2.13. The zero-order chi connectivity index (χ0) is 23.4. The molecule has 3 aromatic carbocycles. The van der Waals surface area contributed by atoms with Crippen LogP contribution in [-0.2, 0) is 0 Å². The highest BCUT2D eigenvalue weighted by molar-refractivity contribution is 6.30. The molecule has 4 aromatic rings. The van der Waals surface area contributed by atoms with Crippen molar-refractivity contribution >= 4 is 39.9 Å².